The number of imide groups is 1. The Bertz CT molecular complexity index is 913. The summed E-state index contributed by atoms with van der Waals surface area (Å²) >= 11 is 7.09. The average molecular weight is 404 g/mol. The number of rotatable bonds is 6. The monoisotopic (exact) mass is 403 g/mol. The van der Waals surface area contributed by atoms with Crippen molar-refractivity contribution in [2.75, 3.05) is 13.7 Å². The van der Waals surface area contributed by atoms with Crippen LogP contribution >= 0.6 is 23.4 Å². The number of benzene rings is 2. The van der Waals surface area contributed by atoms with Crippen LogP contribution in [0.1, 0.15) is 18.1 Å². The number of likely N-dealkylation sites (N-methyl/N-ethyl adjacent to an activating group) is 1. The lowest BCUT2D eigenvalue weighted by Gasteiger charge is -2.13. The molecule has 0 N–H and O–H groups in total. The first kappa shape index (κ1) is 19.3. The molecule has 0 unspecified atom stereocenters. The minimum absolute atomic E-state index is 0.282. The van der Waals surface area contributed by atoms with E-state index in [4.69, 9.17) is 21.1 Å². The summed E-state index contributed by atoms with van der Waals surface area (Å²) < 4.78 is 11.5. The van der Waals surface area contributed by atoms with Gasteiger partial charge < -0.3 is 9.47 Å². The van der Waals surface area contributed by atoms with Crippen molar-refractivity contribution in [2.45, 2.75) is 13.5 Å². The van der Waals surface area contributed by atoms with Gasteiger partial charge in [-0.15, -0.1) is 0 Å². The normalized spacial score (nSPS) is 15.5. The second-order valence-corrected chi connectivity index (χ2v) is 7.16. The molecule has 0 spiro atoms. The van der Waals surface area contributed by atoms with Gasteiger partial charge in [0.1, 0.15) is 6.61 Å². The summed E-state index contributed by atoms with van der Waals surface area (Å²) in [7, 11) is 1.47. The zero-order valence-corrected chi connectivity index (χ0v) is 16.5. The maximum atomic E-state index is 12.0. The summed E-state index contributed by atoms with van der Waals surface area (Å²) in [6, 6.07) is 12.9. The summed E-state index contributed by atoms with van der Waals surface area (Å²) in [5, 5.41) is 0.360. The third-order valence-corrected chi connectivity index (χ3v) is 5.22. The van der Waals surface area contributed by atoms with E-state index in [1.807, 2.05) is 37.3 Å². The van der Waals surface area contributed by atoms with Crippen molar-refractivity contribution >= 4 is 40.6 Å². The minimum Gasteiger partial charge on any atom is -0.490 e. The molecule has 140 valence electrons. The Morgan fingerprint density at radius 3 is 2.56 bits per heavy atom. The first-order valence-electron chi connectivity index (χ1n) is 8.34. The van der Waals surface area contributed by atoms with Crippen molar-refractivity contribution in [3.8, 4) is 11.5 Å². The van der Waals surface area contributed by atoms with Gasteiger partial charge in [-0.3, -0.25) is 14.5 Å². The van der Waals surface area contributed by atoms with Crippen LogP contribution < -0.4 is 9.47 Å². The number of hydrogen-bond donors (Lipinski definition) is 0. The highest BCUT2D eigenvalue weighted by Gasteiger charge is 2.31. The van der Waals surface area contributed by atoms with E-state index >= 15 is 0 Å². The van der Waals surface area contributed by atoms with E-state index in [1.165, 1.54) is 7.05 Å². The van der Waals surface area contributed by atoms with Crippen LogP contribution in [0, 0.1) is 0 Å². The molecule has 5 nitrogen and oxygen atoms in total. The Morgan fingerprint density at radius 2 is 1.89 bits per heavy atom. The maximum absolute atomic E-state index is 12.0. The molecule has 0 radical (unpaired) electrons. The molecule has 0 bridgehead atoms. The minimum atomic E-state index is -0.304. The number of nitrogens with zero attached hydrogens (tertiary/aromatic N) is 1. The lowest BCUT2D eigenvalue weighted by Crippen LogP contribution is -2.22. The Kier molecular flexibility index (Phi) is 6.08. The number of carbonyl (C=O) groups excluding carboxylic acids is 2. The van der Waals surface area contributed by atoms with Gasteiger partial charge >= 0.3 is 0 Å². The predicted molar refractivity (Wildman–Crippen MR) is 107 cm³/mol. The van der Waals surface area contributed by atoms with Crippen LogP contribution in [-0.2, 0) is 11.4 Å². The van der Waals surface area contributed by atoms with E-state index in [-0.39, 0.29) is 11.1 Å². The first-order valence-corrected chi connectivity index (χ1v) is 9.53. The predicted octanol–water partition coefficient (Wildman–Crippen LogP) is 4.98. The van der Waals surface area contributed by atoms with E-state index in [0.29, 0.717) is 34.6 Å². The number of ether oxygens (including phenoxy) is 2. The Morgan fingerprint density at radius 1 is 1.11 bits per heavy atom. The second kappa shape index (κ2) is 8.50. The van der Waals surface area contributed by atoms with E-state index in [1.54, 1.807) is 18.2 Å². The highest BCUT2D eigenvalue weighted by atomic mass is 35.5. The molecule has 2 aromatic rings. The highest BCUT2D eigenvalue weighted by Crippen LogP contribution is 2.34. The van der Waals surface area contributed by atoms with Gasteiger partial charge in [0.05, 0.1) is 11.5 Å². The molecular weight excluding hydrogens is 386 g/mol. The molecule has 0 aromatic heterocycles. The molecule has 0 atom stereocenters. The second-order valence-electron chi connectivity index (χ2n) is 5.76. The summed E-state index contributed by atoms with van der Waals surface area (Å²) in [4.78, 5) is 25.1. The van der Waals surface area contributed by atoms with Crippen LogP contribution in [-0.4, -0.2) is 29.7 Å². The number of thioether (sulfide) groups is 1. The van der Waals surface area contributed by atoms with Crippen LogP contribution in [0.2, 0.25) is 5.02 Å². The van der Waals surface area contributed by atoms with Crippen LogP contribution in [0.4, 0.5) is 4.79 Å². The van der Waals surface area contributed by atoms with Crippen LogP contribution in [0.5, 0.6) is 11.5 Å². The number of amides is 2. The standard InChI is InChI=1S/C20H18ClNO4S/c1-3-25-17-10-13(11-18-19(23)22(2)20(24)27-18)8-9-16(17)26-12-14-6-4-5-7-15(14)21/h4-11H,3,12H2,1-2H3/b18-11-. The number of carbonyl (C=O) groups is 2. The van der Waals surface area contributed by atoms with Gasteiger partial charge in [0, 0.05) is 17.6 Å². The van der Waals surface area contributed by atoms with E-state index < -0.39 is 0 Å². The Labute approximate surface area is 166 Å². The zero-order valence-electron chi connectivity index (χ0n) is 14.9. The van der Waals surface area contributed by atoms with Crippen molar-refractivity contribution < 1.29 is 19.1 Å². The molecule has 0 saturated carbocycles. The molecule has 0 aliphatic carbocycles. The highest BCUT2D eigenvalue weighted by molar-refractivity contribution is 8.18. The summed E-state index contributed by atoms with van der Waals surface area (Å²) in [6.07, 6.45) is 1.68. The molecule has 1 heterocycles. The van der Waals surface area contributed by atoms with Gasteiger partial charge in [0.25, 0.3) is 11.1 Å². The molecule has 3 rings (SSSR count). The SMILES string of the molecule is CCOc1cc(/C=C2\SC(=O)N(C)C2=O)ccc1OCc1ccccc1Cl. The van der Waals surface area contributed by atoms with Crippen molar-refractivity contribution in [3.05, 3.63) is 63.5 Å². The van der Waals surface area contributed by atoms with Crippen molar-refractivity contribution in [2.24, 2.45) is 0 Å². The van der Waals surface area contributed by atoms with Gasteiger partial charge in [0.15, 0.2) is 11.5 Å². The lowest BCUT2D eigenvalue weighted by molar-refractivity contribution is -0.121. The van der Waals surface area contributed by atoms with Gasteiger partial charge in [0.2, 0.25) is 0 Å². The van der Waals surface area contributed by atoms with Crippen molar-refractivity contribution in [3.63, 3.8) is 0 Å². The number of halogens is 1. The van der Waals surface area contributed by atoms with E-state index in [2.05, 4.69) is 0 Å². The van der Waals surface area contributed by atoms with Gasteiger partial charge in [-0.25, -0.2) is 0 Å². The molecule has 1 aliphatic rings. The number of hydrogen-bond acceptors (Lipinski definition) is 5. The summed E-state index contributed by atoms with van der Waals surface area (Å²) in [5.74, 6) is 0.841. The maximum Gasteiger partial charge on any atom is 0.293 e. The molecule has 1 fully saturated rings. The fourth-order valence-corrected chi connectivity index (χ4v) is 3.49. The topological polar surface area (TPSA) is 55.8 Å². The molecule has 27 heavy (non-hydrogen) atoms. The molecule has 1 aliphatic heterocycles. The van der Waals surface area contributed by atoms with Gasteiger partial charge in [-0.2, -0.15) is 0 Å². The van der Waals surface area contributed by atoms with Gasteiger partial charge in [-0.1, -0.05) is 35.9 Å². The molecule has 2 aromatic carbocycles. The van der Waals surface area contributed by atoms with Crippen molar-refractivity contribution in [1.82, 2.24) is 4.90 Å². The zero-order chi connectivity index (χ0) is 19.4. The van der Waals surface area contributed by atoms with Crippen LogP contribution in [0.3, 0.4) is 0 Å². The molecule has 1 saturated heterocycles. The lowest BCUT2D eigenvalue weighted by atomic mass is 10.1. The molecule has 2 amide bonds. The Balaban J connectivity index is 1.81. The average Bonchev–Trinajstić information content (AvgIpc) is 2.89. The summed E-state index contributed by atoms with van der Waals surface area (Å²) in [6.45, 7) is 2.66. The van der Waals surface area contributed by atoms with E-state index in [9.17, 15) is 9.59 Å². The largest absolute Gasteiger partial charge is 0.490 e. The van der Waals surface area contributed by atoms with Gasteiger partial charge in [-0.05, 0) is 48.5 Å². The Hall–Kier alpha value is -2.44. The van der Waals surface area contributed by atoms with Crippen molar-refractivity contribution in [1.29, 1.82) is 0 Å². The van der Waals surface area contributed by atoms with Crippen LogP contribution in [0.15, 0.2) is 47.4 Å². The smallest absolute Gasteiger partial charge is 0.293 e. The third kappa shape index (κ3) is 4.46. The molecular formula is C20H18ClNO4S. The molecule has 7 heteroatoms. The third-order valence-electron chi connectivity index (χ3n) is 3.89. The fourth-order valence-electron chi connectivity index (χ4n) is 2.47. The summed E-state index contributed by atoms with van der Waals surface area (Å²) in [5.41, 5.74) is 1.63. The van der Waals surface area contributed by atoms with E-state index in [0.717, 1.165) is 27.8 Å². The first-order chi connectivity index (χ1) is 13.0. The fraction of sp³-hybridized carbons (Fsp3) is 0.200. The van der Waals surface area contributed by atoms with Crippen LogP contribution in [0.25, 0.3) is 6.08 Å². The quantitative estimate of drug-likeness (QED) is 0.636.